The van der Waals surface area contributed by atoms with Gasteiger partial charge in [-0.2, -0.15) is 0 Å². The van der Waals surface area contributed by atoms with Crippen molar-refractivity contribution in [1.29, 1.82) is 0 Å². The SMILES string of the molecule is CCCCCO[C@@H]1[C@@H](OCCCCC)[C@@H](O[C@]2(CO)O[C@H](CO)[C@@H](O)[C@@H]2OC(C)=O)O[C@H](CO)[C@H]1OCCCCC. The van der Waals surface area contributed by atoms with Gasteiger partial charge in [0.15, 0.2) is 12.4 Å². The highest BCUT2D eigenvalue weighted by Crippen LogP contribution is 2.39. The van der Waals surface area contributed by atoms with Gasteiger partial charge in [0.25, 0.3) is 0 Å². The largest absolute Gasteiger partial charge is 0.454 e. The zero-order chi connectivity index (χ0) is 30.3. The van der Waals surface area contributed by atoms with Crippen LogP contribution in [0.4, 0.5) is 0 Å². The summed E-state index contributed by atoms with van der Waals surface area (Å²) in [6, 6.07) is 0. The maximum absolute atomic E-state index is 11.9. The second kappa shape index (κ2) is 19.4. The number of unbranched alkanes of at least 4 members (excludes halogenated alkanes) is 6. The normalized spacial score (nSPS) is 33.8. The number of carbonyl (C=O) groups is 1. The van der Waals surface area contributed by atoms with Gasteiger partial charge >= 0.3 is 5.97 Å². The molecular formula is C29H54O12. The molecule has 2 rings (SSSR count). The summed E-state index contributed by atoms with van der Waals surface area (Å²) in [4.78, 5) is 11.9. The second-order valence-corrected chi connectivity index (χ2v) is 10.8. The van der Waals surface area contributed by atoms with Crippen molar-refractivity contribution >= 4 is 5.97 Å². The van der Waals surface area contributed by atoms with E-state index >= 15 is 0 Å². The van der Waals surface area contributed by atoms with E-state index in [1.54, 1.807) is 0 Å². The van der Waals surface area contributed by atoms with Gasteiger partial charge in [-0.1, -0.05) is 59.3 Å². The molecule has 0 spiro atoms. The molecule has 2 aliphatic heterocycles. The van der Waals surface area contributed by atoms with Crippen molar-refractivity contribution < 1.29 is 58.4 Å². The lowest BCUT2D eigenvalue weighted by Crippen LogP contribution is -2.65. The summed E-state index contributed by atoms with van der Waals surface area (Å²) in [6.07, 6.45) is -0.143. The monoisotopic (exact) mass is 594 g/mol. The van der Waals surface area contributed by atoms with Crippen LogP contribution in [-0.2, 0) is 38.0 Å². The van der Waals surface area contributed by atoms with E-state index in [0.717, 1.165) is 64.7 Å². The molecule has 2 saturated heterocycles. The summed E-state index contributed by atoms with van der Waals surface area (Å²) < 4.78 is 42.5. The zero-order valence-electron chi connectivity index (χ0n) is 25.3. The van der Waals surface area contributed by atoms with Crippen LogP contribution in [0.2, 0.25) is 0 Å². The lowest BCUT2D eigenvalue weighted by atomic mass is 9.97. The van der Waals surface area contributed by atoms with Crippen LogP contribution < -0.4 is 0 Å². The molecule has 2 fully saturated rings. The van der Waals surface area contributed by atoms with Crippen LogP contribution in [0.25, 0.3) is 0 Å². The average molecular weight is 595 g/mol. The summed E-state index contributed by atoms with van der Waals surface area (Å²) in [6.45, 7) is 6.84. The van der Waals surface area contributed by atoms with E-state index < -0.39 is 80.6 Å². The number of aliphatic hydroxyl groups is 4. The first-order chi connectivity index (χ1) is 19.8. The van der Waals surface area contributed by atoms with E-state index in [1.165, 1.54) is 0 Å². The Labute approximate surface area is 244 Å². The predicted octanol–water partition coefficient (Wildman–Crippen LogP) is 1.82. The highest BCUT2D eigenvalue weighted by molar-refractivity contribution is 5.66. The maximum Gasteiger partial charge on any atom is 0.303 e. The molecule has 12 nitrogen and oxygen atoms in total. The Bertz CT molecular complexity index is 711. The molecule has 41 heavy (non-hydrogen) atoms. The van der Waals surface area contributed by atoms with Gasteiger partial charge in [0.1, 0.15) is 43.2 Å². The molecule has 0 aromatic heterocycles. The van der Waals surface area contributed by atoms with E-state index in [-0.39, 0.29) is 0 Å². The van der Waals surface area contributed by atoms with Gasteiger partial charge in [-0.25, -0.2) is 0 Å². The fourth-order valence-electron chi connectivity index (χ4n) is 5.19. The Morgan fingerprint density at radius 1 is 0.756 bits per heavy atom. The van der Waals surface area contributed by atoms with Crippen LogP contribution in [0, 0.1) is 0 Å². The molecule has 2 heterocycles. The minimum absolute atomic E-state index is 0.366. The fourth-order valence-corrected chi connectivity index (χ4v) is 5.19. The molecule has 0 saturated carbocycles. The van der Waals surface area contributed by atoms with E-state index in [1.807, 2.05) is 0 Å². The number of ether oxygens (including phenoxy) is 7. The molecule has 0 aromatic carbocycles. The van der Waals surface area contributed by atoms with Crippen molar-refractivity contribution in [3.05, 3.63) is 0 Å². The first-order valence-corrected chi connectivity index (χ1v) is 15.4. The molecular weight excluding hydrogens is 540 g/mol. The van der Waals surface area contributed by atoms with Crippen LogP contribution >= 0.6 is 0 Å². The van der Waals surface area contributed by atoms with E-state index in [9.17, 15) is 25.2 Å². The molecule has 9 atom stereocenters. The van der Waals surface area contributed by atoms with Gasteiger partial charge in [-0.15, -0.1) is 0 Å². The third kappa shape index (κ3) is 10.3. The molecule has 0 aromatic rings. The lowest BCUT2D eigenvalue weighted by molar-refractivity contribution is -0.391. The van der Waals surface area contributed by atoms with Crippen molar-refractivity contribution in [2.24, 2.45) is 0 Å². The van der Waals surface area contributed by atoms with Gasteiger partial charge in [-0.3, -0.25) is 4.79 Å². The van der Waals surface area contributed by atoms with Gasteiger partial charge in [0.2, 0.25) is 5.79 Å². The third-order valence-electron chi connectivity index (χ3n) is 7.43. The molecule has 0 radical (unpaired) electrons. The molecule has 0 aliphatic carbocycles. The number of esters is 1. The van der Waals surface area contributed by atoms with Crippen molar-refractivity contribution in [3.8, 4) is 0 Å². The summed E-state index contributed by atoms with van der Waals surface area (Å²) in [5.41, 5.74) is 0. The average Bonchev–Trinajstić information content (AvgIpc) is 3.22. The number of carbonyl (C=O) groups excluding carboxylic acids is 1. The first-order valence-electron chi connectivity index (χ1n) is 15.4. The molecule has 4 N–H and O–H groups in total. The standard InChI is InChI=1S/C29H54O12/c1-5-8-11-14-35-24-22(18-31)39-28(26(37-16-13-10-7-3)25(24)36-15-12-9-6-2)41-29(19-32)27(38-20(4)33)23(34)21(17-30)40-29/h21-28,30-32,34H,5-19H2,1-4H3/t21-,22-,23-,24-,25+,26-,27+,28-,29+/m1/s1. The van der Waals surface area contributed by atoms with E-state index in [0.29, 0.717) is 19.8 Å². The molecule has 0 amide bonds. The topological polar surface area (TPSA) is 163 Å². The van der Waals surface area contributed by atoms with Gasteiger partial charge in [-0.05, 0) is 19.3 Å². The van der Waals surface area contributed by atoms with E-state index in [2.05, 4.69) is 20.8 Å². The van der Waals surface area contributed by atoms with Gasteiger partial charge < -0.3 is 53.6 Å². The number of aliphatic hydroxyl groups excluding tert-OH is 4. The smallest absolute Gasteiger partial charge is 0.303 e. The van der Waals surface area contributed by atoms with Crippen molar-refractivity contribution in [1.82, 2.24) is 0 Å². The summed E-state index contributed by atoms with van der Waals surface area (Å²) >= 11 is 0. The summed E-state index contributed by atoms with van der Waals surface area (Å²) in [5, 5.41) is 41.3. The molecule has 0 unspecified atom stereocenters. The Hall–Kier alpha value is -0.930. The van der Waals surface area contributed by atoms with Crippen molar-refractivity contribution in [3.63, 3.8) is 0 Å². The minimum Gasteiger partial charge on any atom is -0.454 e. The van der Waals surface area contributed by atoms with Crippen LogP contribution in [0.15, 0.2) is 0 Å². The second-order valence-electron chi connectivity index (χ2n) is 10.8. The lowest BCUT2D eigenvalue weighted by Gasteiger charge is -2.47. The van der Waals surface area contributed by atoms with Gasteiger partial charge in [0, 0.05) is 26.7 Å². The van der Waals surface area contributed by atoms with E-state index in [4.69, 9.17) is 33.2 Å². The van der Waals surface area contributed by atoms with Crippen LogP contribution in [-0.4, -0.2) is 121 Å². The van der Waals surface area contributed by atoms with Crippen molar-refractivity contribution in [2.75, 3.05) is 39.6 Å². The minimum atomic E-state index is -2.07. The van der Waals surface area contributed by atoms with Crippen LogP contribution in [0.3, 0.4) is 0 Å². The Morgan fingerprint density at radius 2 is 1.27 bits per heavy atom. The number of rotatable bonds is 21. The predicted molar refractivity (Wildman–Crippen MR) is 148 cm³/mol. The quantitative estimate of drug-likeness (QED) is 0.113. The fraction of sp³-hybridized carbons (Fsp3) is 0.966. The third-order valence-corrected chi connectivity index (χ3v) is 7.43. The van der Waals surface area contributed by atoms with Gasteiger partial charge in [0.05, 0.1) is 13.2 Å². The first kappa shape index (κ1) is 36.3. The molecule has 2 aliphatic rings. The Balaban J connectivity index is 2.43. The maximum atomic E-state index is 11.9. The molecule has 242 valence electrons. The number of hydrogen-bond donors (Lipinski definition) is 4. The highest BCUT2D eigenvalue weighted by atomic mass is 16.8. The highest BCUT2D eigenvalue weighted by Gasteiger charge is 2.61. The summed E-state index contributed by atoms with van der Waals surface area (Å²) in [7, 11) is 0. The zero-order valence-corrected chi connectivity index (χ0v) is 25.3. The van der Waals surface area contributed by atoms with Crippen molar-refractivity contribution in [2.45, 2.75) is 140 Å². The molecule has 0 bridgehead atoms. The summed E-state index contributed by atoms with van der Waals surface area (Å²) in [5.74, 6) is -2.81. The Morgan fingerprint density at radius 3 is 1.73 bits per heavy atom. The Kier molecular flexibility index (Phi) is 17.1. The number of hydrogen-bond acceptors (Lipinski definition) is 12. The molecule has 12 heteroatoms. The van der Waals surface area contributed by atoms with Crippen LogP contribution in [0.1, 0.15) is 85.5 Å². The van der Waals surface area contributed by atoms with Crippen LogP contribution in [0.5, 0.6) is 0 Å².